The summed E-state index contributed by atoms with van der Waals surface area (Å²) in [6.07, 6.45) is 1.56. The molecule has 2 rings (SSSR count). The number of halogens is 1. The second-order valence-corrected chi connectivity index (χ2v) is 5.26. The van der Waals surface area contributed by atoms with Gasteiger partial charge in [0.2, 0.25) is 0 Å². The molecule has 1 aromatic carbocycles. The zero-order valence-corrected chi connectivity index (χ0v) is 12.3. The van der Waals surface area contributed by atoms with Crippen molar-refractivity contribution in [2.75, 3.05) is 11.1 Å². The van der Waals surface area contributed by atoms with Crippen LogP contribution in [0.2, 0.25) is 0 Å². The van der Waals surface area contributed by atoms with Crippen molar-refractivity contribution in [3.05, 3.63) is 51.6 Å². The van der Waals surface area contributed by atoms with Crippen LogP contribution in [-0.2, 0) is 0 Å². The van der Waals surface area contributed by atoms with E-state index in [4.69, 9.17) is 5.73 Å². The van der Waals surface area contributed by atoms with Crippen molar-refractivity contribution < 1.29 is 4.79 Å². The number of carbonyl (C=O) groups excluding carboxylic acids is 1. The number of anilines is 2. The number of hydrogen-bond acceptors (Lipinski definition) is 3. The Bertz CT molecular complexity index is 641. The number of nitrogens with two attached hydrogens (primary N) is 1. The molecule has 0 saturated heterocycles. The number of pyridine rings is 1. The van der Waals surface area contributed by atoms with Gasteiger partial charge in [0.05, 0.1) is 5.56 Å². The zero-order chi connectivity index (χ0) is 14.0. The van der Waals surface area contributed by atoms with E-state index in [1.807, 2.05) is 32.0 Å². The molecule has 5 heteroatoms. The van der Waals surface area contributed by atoms with Gasteiger partial charge in [0, 0.05) is 16.4 Å². The summed E-state index contributed by atoms with van der Waals surface area (Å²) < 4.78 is 0.715. The fourth-order valence-corrected chi connectivity index (χ4v) is 1.98. The number of benzene rings is 1. The number of hydrogen-bond donors (Lipinski definition) is 2. The molecule has 0 aliphatic carbocycles. The maximum atomic E-state index is 12.1. The Hall–Kier alpha value is -1.88. The quantitative estimate of drug-likeness (QED) is 0.892. The Balaban J connectivity index is 2.25. The van der Waals surface area contributed by atoms with Crippen LogP contribution in [0.15, 0.2) is 34.9 Å². The number of aromatic nitrogens is 1. The summed E-state index contributed by atoms with van der Waals surface area (Å²) in [7, 11) is 0. The Labute approximate surface area is 120 Å². The SMILES string of the molecule is Cc1ccc(NC(=O)c2cc(Br)cnc2N)cc1C. The maximum Gasteiger partial charge on any atom is 0.259 e. The monoisotopic (exact) mass is 319 g/mol. The number of amides is 1. The zero-order valence-electron chi connectivity index (χ0n) is 10.7. The molecule has 0 aliphatic heterocycles. The van der Waals surface area contributed by atoms with Crippen LogP contribution in [0.25, 0.3) is 0 Å². The normalized spacial score (nSPS) is 10.3. The molecule has 0 bridgehead atoms. The first-order valence-electron chi connectivity index (χ1n) is 5.77. The molecule has 1 heterocycles. The Morgan fingerprint density at radius 2 is 2.00 bits per heavy atom. The van der Waals surface area contributed by atoms with Crippen molar-refractivity contribution in [2.24, 2.45) is 0 Å². The van der Waals surface area contributed by atoms with Crippen LogP contribution in [0.1, 0.15) is 21.5 Å². The van der Waals surface area contributed by atoms with Crippen LogP contribution in [0.5, 0.6) is 0 Å². The predicted octanol–water partition coefficient (Wildman–Crippen LogP) is 3.30. The molecule has 19 heavy (non-hydrogen) atoms. The fraction of sp³-hybridized carbons (Fsp3) is 0.143. The standard InChI is InChI=1S/C14H14BrN3O/c1-8-3-4-11(5-9(8)2)18-14(19)12-6-10(15)7-17-13(12)16/h3-7H,1-2H3,(H2,16,17)(H,18,19). The molecular weight excluding hydrogens is 306 g/mol. The Kier molecular flexibility index (Phi) is 3.85. The van der Waals surface area contributed by atoms with Gasteiger partial charge in [-0.2, -0.15) is 0 Å². The van der Waals surface area contributed by atoms with Crippen molar-refractivity contribution in [3.8, 4) is 0 Å². The lowest BCUT2D eigenvalue weighted by Gasteiger charge is -2.09. The first-order valence-corrected chi connectivity index (χ1v) is 6.56. The second kappa shape index (κ2) is 5.40. The number of nitrogens with one attached hydrogen (secondary N) is 1. The summed E-state index contributed by atoms with van der Waals surface area (Å²) in [5.74, 6) is -0.0564. The summed E-state index contributed by atoms with van der Waals surface area (Å²) in [6, 6.07) is 7.41. The van der Waals surface area contributed by atoms with E-state index in [-0.39, 0.29) is 11.7 Å². The van der Waals surface area contributed by atoms with E-state index < -0.39 is 0 Å². The minimum Gasteiger partial charge on any atom is -0.383 e. The summed E-state index contributed by atoms with van der Waals surface area (Å²) in [5, 5.41) is 2.81. The first kappa shape index (κ1) is 13.5. The van der Waals surface area contributed by atoms with E-state index in [9.17, 15) is 4.79 Å². The van der Waals surface area contributed by atoms with Crippen LogP contribution in [0.4, 0.5) is 11.5 Å². The van der Waals surface area contributed by atoms with E-state index >= 15 is 0 Å². The second-order valence-electron chi connectivity index (χ2n) is 4.34. The minimum atomic E-state index is -0.269. The Morgan fingerprint density at radius 1 is 1.26 bits per heavy atom. The highest BCUT2D eigenvalue weighted by atomic mass is 79.9. The van der Waals surface area contributed by atoms with Gasteiger partial charge in [0.25, 0.3) is 5.91 Å². The topological polar surface area (TPSA) is 68.0 Å². The fourth-order valence-electron chi connectivity index (χ4n) is 1.65. The molecular formula is C14H14BrN3O. The van der Waals surface area contributed by atoms with Gasteiger partial charge in [-0.15, -0.1) is 0 Å². The summed E-state index contributed by atoms with van der Waals surface area (Å²) in [6.45, 7) is 4.02. The molecule has 1 aromatic heterocycles. The highest BCUT2D eigenvalue weighted by Gasteiger charge is 2.11. The van der Waals surface area contributed by atoms with Gasteiger partial charge >= 0.3 is 0 Å². The largest absolute Gasteiger partial charge is 0.383 e. The summed E-state index contributed by atoms with van der Waals surface area (Å²) >= 11 is 3.27. The average molecular weight is 320 g/mol. The summed E-state index contributed by atoms with van der Waals surface area (Å²) in [4.78, 5) is 16.1. The third-order valence-corrected chi connectivity index (χ3v) is 3.33. The smallest absolute Gasteiger partial charge is 0.259 e. The third kappa shape index (κ3) is 3.12. The molecule has 4 nitrogen and oxygen atoms in total. The van der Waals surface area contributed by atoms with Crippen LogP contribution >= 0.6 is 15.9 Å². The summed E-state index contributed by atoms with van der Waals surface area (Å²) in [5.41, 5.74) is 9.11. The molecule has 0 atom stereocenters. The van der Waals surface area contributed by atoms with Crippen molar-refractivity contribution >= 4 is 33.3 Å². The van der Waals surface area contributed by atoms with E-state index in [2.05, 4.69) is 26.2 Å². The van der Waals surface area contributed by atoms with E-state index in [1.165, 1.54) is 5.56 Å². The van der Waals surface area contributed by atoms with Crippen LogP contribution in [0, 0.1) is 13.8 Å². The lowest BCUT2D eigenvalue weighted by molar-refractivity contribution is 0.102. The van der Waals surface area contributed by atoms with Crippen LogP contribution in [0.3, 0.4) is 0 Å². The molecule has 0 fully saturated rings. The van der Waals surface area contributed by atoms with Crippen molar-refractivity contribution in [1.29, 1.82) is 0 Å². The van der Waals surface area contributed by atoms with Crippen molar-refractivity contribution in [2.45, 2.75) is 13.8 Å². The molecule has 0 radical (unpaired) electrons. The highest BCUT2D eigenvalue weighted by molar-refractivity contribution is 9.10. The lowest BCUT2D eigenvalue weighted by atomic mass is 10.1. The molecule has 98 valence electrons. The van der Waals surface area contributed by atoms with Gasteiger partial charge in [-0.3, -0.25) is 4.79 Å². The van der Waals surface area contributed by atoms with Gasteiger partial charge in [0.15, 0.2) is 0 Å². The Morgan fingerprint density at radius 3 is 2.68 bits per heavy atom. The number of nitrogen functional groups attached to an aromatic ring is 1. The average Bonchev–Trinajstić information content (AvgIpc) is 2.36. The predicted molar refractivity (Wildman–Crippen MR) is 80.2 cm³/mol. The van der Waals surface area contributed by atoms with Crippen LogP contribution < -0.4 is 11.1 Å². The van der Waals surface area contributed by atoms with Gasteiger partial charge in [-0.1, -0.05) is 6.07 Å². The van der Waals surface area contributed by atoms with Gasteiger partial charge < -0.3 is 11.1 Å². The van der Waals surface area contributed by atoms with Gasteiger partial charge in [-0.25, -0.2) is 4.98 Å². The van der Waals surface area contributed by atoms with E-state index in [0.29, 0.717) is 10.0 Å². The van der Waals surface area contributed by atoms with Crippen molar-refractivity contribution in [1.82, 2.24) is 4.98 Å². The van der Waals surface area contributed by atoms with Crippen molar-refractivity contribution in [3.63, 3.8) is 0 Å². The first-order chi connectivity index (χ1) is 8.97. The molecule has 0 unspecified atom stereocenters. The number of rotatable bonds is 2. The molecule has 2 aromatic rings. The minimum absolute atomic E-state index is 0.213. The molecule has 0 aliphatic rings. The highest BCUT2D eigenvalue weighted by Crippen LogP contribution is 2.19. The van der Waals surface area contributed by atoms with Crippen LogP contribution in [-0.4, -0.2) is 10.9 Å². The van der Waals surface area contributed by atoms with E-state index in [0.717, 1.165) is 11.3 Å². The molecule has 0 saturated carbocycles. The number of carbonyl (C=O) groups is 1. The van der Waals surface area contributed by atoms with E-state index in [1.54, 1.807) is 12.3 Å². The number of aryl methyl sites for hydroxylation is 2. The van der Waals surface area contributed by atoms with Gasteiger partial charge in [0.1, 0.15) is 5.82 Å². The molecule has 1 amide bonds. The number of nitrogens with zero attached hydrogens (tertiary/aromatic N) is 1. The van der Waals surface area contributed by atoms with Gasteiger partial charge in [-0.05, 0) is 59.1 Å². The molecule has 3 N–H and O–H groups in total. The molecule has 0 spiro atoms. The lowest BCUT2D eigenvalue weighted by Crippen LogP contribution is -2.15. The third-order valence-electron chi connectivity index (χ3n) is 2.89. The maximum absolute atomic E-state index is 12.1.